The molecule has 20 heavy (non-hydrogen) atoms. The summed E-state index contributed by atoms with van der Waals surface area (Å²) in [6.45, 7) is 3.80. The van der Waals surface area contributed by atoms with E-state index in [0.717, 1.165) is 22.1 Å². The van der Waals surface area contributed by atoms with Gasteiger partial charge in [-0.25, -0.2) is 4.39 Å². The zero-order valence-electron chi connectivity index (χ0n) is 11.3. The molecule has 2 rings (SSSR count). The van der Waals surface area contributed by atoms with Gasteiger partial charge in [0, 0.05) is 16.6 Å². The van der Waals surface area contributed by atoms with E-state index < -0.39 is 0 Å². The van der Waals surface area contributed by atoms with E-state index in [2.05, 4.69) is 21.2 Å². The van der Waals surface area contributed by atoms with Gasteiger partial charge in [0.25, 0.3) is 0 Å². The Hall–Kier alpha value is -1.39. The van der Waals surface area contributed by atoms with Crippen LogP contribution in [0.1, 0.15) is 18.1 Å². The van der Waals surface area contributed by atoms with Gasteiger partial charge in [0.1, 0.15) is 6.61 Å². The number of ether oxygens (including phenoxy) is 1. The Bertz CT molecular complexity index is 574. The van der Waals surface area contributed by atoms with Gasteiger partial charge in [-0.05, 0) is 30.3 Å². The van der Waals surface area contributed by atoms with E-state index in [1.807, 2.05) is 37.3 Å². The Kier molecular flexibility index (Phi) is 5.56. The molecular weight excluding hydrogens is 321 g/mol. The number of hydrogen-bond donors (Lipinski definition) is 1. The van der Waals surface area contributed by atoms with Crippen LogP contribution in [0.4, 0.5) is 4.39 Å². The molecule has 0 aromatic heterocycles. The van der Waals surface area contributed by atoms with Crippen molar-refractivity contribution in [2.24, 2.45) is 0 Å². The fourth-order valence-corrected chi connectivity index (χ4v) is 2.34. The van der Waals surface area contributed by atoms with E-state index in [0.29, 0.717) is 18.9 Å². The summed E-state index contributed by atoms with van der Waals surface area (Å²) in [4.78, 5) is 0. The topological polar surface area (TPSA) is 21.3 Å². The lowest BCUT2D eigenvalue weighted by atomic mass is 10.2. The Morgan fingerprint density at radius 3 is 2.75 bits per heavy atom. The third kappa shape index (κ3) is 4.05. The minimum absolute atomic E-state index is 0.324. The minimum atomic E-state index is -0.324. The second-order valence-electron chi connectivity index (χ2n) is 4.43. The number of rotatable bonds is 6. The molecule has 0 fully saturated rings. The molecule has 0 unspecified atom stereocenters. The average Bonchev–Trinajstić information content (AvgIpc) is 2.44. The van der Waals surface area contributed by atoms with Crippen molar-refractivity contribution in [1.82, 2.24) is 5.32 Å². The van der Waals surface area contributed by atoms with Crippen LogP contribution < -0.4 is 10.1 Å². The van der Waals surface area contributed by atoms with Crippen molar-refractivity contribution in [3.05, 3.63) is 63.9 Å². The Balaban J connectivity index is 2.11. The highest BCUT2D eigenvalue weighted by Gasteiger charge is 2.09. The summed E-state index contributed by atoms with van der Waals surface area (Å²) in [6, 6.07) is 12.8. The van der Waals surface area contributed by atoms with E-state index in [4.69, 9.17) is 4.74 Å². The molecule has 0 aliphatic heterocycles. The van der Waals surface area contributed by atoms with Gasteiger partial charge in [-0.15, -0.1) is 0 Å². The van der Waals surface area contributed by atoms with Crippen LogP contribution in [0.2, 0.25) is 0 Å². The fourth-order valence-electron chi connectivity index (χ4n) is 1.90. The van der Waals surface area contributed by atoms with Gasteiger partial charge in [0.15, 0.2) is 11.6 Å². The molecule has 0 heterocycles. The van der Waals surface area contributed by atoms with Crippen molar-refractivity contribution in [2.75, 3.05) is 6.54 Å². The molecular formula is C16H17BrFNO. The summed E-state index contributed by atoms with van der Waals surface area (Å²) in [5, 5.41) is 3.19. The monoisotopic (exact) mass is 337 g/mol. The summed E-state index contributed by atoms with van der Waals surface area (Å²) in [5.74, 6) is 0.00354. The molecule has 0 saturated carbocycles. The van der Waals surface area contributed by atoms with Crippen LogP contribution in [0.3, 0.4) is 0 Å². The zero-order valence-corrected chi connectivity index (χ0v) is 12.9. The van der Waals surface area contributed by atoms with E-state index in [1.54, 1.807) is 6.07 Å². The third-order valence-corrected chi connectivity index (χ3v) is 3.38. The molecule has 4 heteroatoms. The number of nitrogens with one attached hydrogen (secondary N) is 1. The highest BCUT2D eigenvalue weighted by Crippen LogP contribution is 2.24. The SMILES string of the molecule is CCNCc1cccc(F)c1OCc1cccc(Br)c1. The maximum atomic E-state index is 13.9. The lowest BCUT2D eigenvalue weighted by molar-refractivity contribution is 0.286. The van der Waals surface area contributed by atoms with Crippen LogP contribution in [-0.4, -0.2) is 6.54 Å². The molecule has 2 aromatic carbocycles. The van der Waals surface area contributed by atoms with Crippen molar-refractivity contribution in [1.29, 1.82) is 0 Å². The van der Waals surface area contributed by atoms with Crippen LogP contribution in [0.15, 0.2) is 46.9 Å². The summed E-state index contributed by atoms with van der Waals surface area (Å²) in [7, 11) is 0. The largest absolute Gasteiger partial charge is 0.485 e. The lowest BCUT2D eigenvalue weighted by Gasteiger charge is -2.13. The predicted octanol–water partition coefficient (Wildman–Crippen LogP) is 4.28. The van der Waals surface area contributed by atoms with Gasteiger partial charge >= 0.3 is 0 Å². The molecule has 106 valence electrons. The van der Waals surface area contributed by atoms with Crippen LogP contribution in [0, 0.1) is 5.82 Å². The van der Waals surface area contributed by atoms with Gasteiger partial charge in [-0.1, -0.05) is 47.1 Å². The zero-order chi connectivity index (χ0) is 14.4. The third-order valence-electron chi connectivity index (χ3n) is 2.89. The molecule has 0 radical (unpaired) electrons. The summed E-state index contributed by atoms with van der Waals surface area (Å²) < 4.78 is 20.6. The fraction of sp³-hybridized carbons (Fsp3) is 0.250. The van der Waals surface area contributed by atoms with E-state index >= 15 is 0 Å². The molecule has 0 saturated heterocycles. The average molecular weight is 338 g/mol. The Morgan fingerprint density at radius 2 is 2.00 bits per heavy atom. The first-order valence-corrected chi connectivity index (χ1v) is 7.35. The molecule has 0 amide bonds. The standard InChI is InChI=1S/C16H17BrFNO/c1-2-19-10-13-6-4-8-15(18)16(13)20-11-12-5-3-7-14(17)9-12/h3-9,19H,2,10-11H2,1H3. The quantitative estimate of drug-likeness (QED) is 0.849. The molecule has 0 atom stereocenters. The first-order chi connectivity index (χ1) is 9.70. The summed E-state index contributed by atoms with van der Waals surface area (Å²) >= 11 is 3.41. The van der Waals surface area contributed by atoms with Crippen LogP contribution in [0.5, 0.6) is 5.75 Å². The van der Waals surface area contributed by atoms with Crippen molar-refractivity contribution in [3.8, 4) is 5.75 Å². The Labute approximate surface area is 127 Å². The summed E-state index contributed by atoms with van der Waals surface area (Å²) in [5.41, 5.74) is 1.83. The minimum Gasteiger partial charge on any atom is -0.485 e. The first-order valence-electron chi connectivity index (χ1n) is 6.56. The molecule has 0 bridgehead atoms. The second kappa shape index (κ2) is 7.41. The normalized spacial score (nSPS) is 10.6. The van der Waals surface area contributed by atoms with Gasteiger partial charge in [-0.2, -0.15) is 0 Å². The highest BCUT2D eigenvalue weighted by atomic mass is 79.9. The maximum absolute atomic E-state index is 13.9. The smallest absolute Gasteiger partial charge is 0.165 e. The van der Waals surface area contributed by atoms with Gasteiger partial charge < -0.3 is 10.1 Å². The molecule has 2 nitrogen and oxygen atoms in total. The van der Waals surface area contributed by atoms with Crippen molar-refractivity contribution >= 4 is 15.9 Å². The van der Waals surface area contributed by atoms with E-state index in [9.17, 15) is 4.39 Å². The first kappa shape index (κ1) is 15.0. The lowest BCUT2D eigenvalue weighted by Crippen LogP contribution is -2.13. The highest BCUT2D eigenvalue weighted by molar-refractivity contribution is 9.10. The van der Waals surface area contributed by atoms with Crippen molar-refractivity contribution < 1.29 is 9.13 Å². The van der Waals surface area contributed by atoms with Gasteiger partial charge in [-0.3, -0.25) is 0 Å². The van der Waals surface area contributed by atoms with E-state index in [1.165, 1.54) is 6.07 Å². The van der Waals surface area contributed by atoms with Gasteiger partial charge in [0.2, 0.25) is 0 Å². The maximum Gasteiger partial charge on any atom is 0.165 e. The van der Waals surface area contributed by atoms with Crippen molar-refractivity contribution in [2.45, 2.75) is 20.1 Å². The number of para-hydroxylation sites is 1. The molecule has 0 spiro atoms. The molecule has 0 aliphatic carbocycles. The molecule has 2 aromatic rings. The molecule has 0 aliphatic rings. The Morgan fingerprint density at radius 1 is 1.20 bits per heavy atom. The van der Waals surface area contributed by atoms with Gasteiger partial charge in [0.05, 0.1) is 0 Å². The van der Waals surface area contributed by atoms with Crippen LogP contribution in [-0.2, 0) is 13.2 Å². The number of benzene rings is 2. The van der Waals surface area contributed by atoms with Crippen LogP contribution >= 0.6 is 15.9 Å². The van der Waals surface area contributed by atoms with E-state index in [-0.39, 0.29) is 5.82 Å². The number of halogens is 2. The predicted molar refractivity (Wildman–Crippen MR) is 82.3 cm³/mol. The van der Waals surface area contributed by atoms with Crippen molar-refractivity contribution in [3.63, 3.8) is 0 Å². The second-order valence-corrected chi connectivity index (χ2v) is 5.34. The van der Waals surface area contributed by atoms with Crippen LogP contribution in [0.25, 0.3) is 0 Å². The summed E-state index contributed by atoms with van der Waals surface area (Å²) in [6.07, 6.45) is 0. The molecule has 1 N–H and O–H groups in total. The number of hydrogen-bond acceptors (Lipinski definition) is 2.